The quantitative estimate of drug-likeness (QED) is 0.468. The third kappa shape index (κ3) is 5.18. The number of nitrogens with one attached hydrogen (secondary N) is 2. The van der Waals surface area contributed by atoms with Gasteiger partial charge in [0.15, 0.2) is 5.96 Å². The summed E-state index contributed by atoms with van der Waals surface area (Å²) in [5.41, 5.74) is 2.66. The van der Waals surface area contributed by atoms with Crippen LogP contribution in [0.5, 0.6) is 0 Å². The lowest BCUT2D eigenvalue weighted by molar-refractivity contribution is 0.689. The second-order valence-electron chi connectivity index (χ2n) is 5.46. The Balaban J connectivity index is 1.65. The largest absolute Gasteiger partial charge is 0.356 e. The molecule has 2 aromatic rings. The molecule has 0 saturated carbocycles. The second-order valence-corrected chi connectivity index (χ2v) is 6.24. The van der Waals surface area contributed by atoms with E-state index >= 15 is 0 Å². The summed E-state index contributed by atoms with van der Waals surface area (Å²) in [5, 5.41) is 15.3. The molecule has 2 N–H and O–H groups in total. The Morgan fingerprint density at radius 2 is 2.32 bits per heavy atom. The summed E-state index contributed by atoms with van der Waals surface area (Å²) in [4.78, 5) is 4.27. The molecule has 6 heteroatoms. The Labute approximate surface area is 136 Å². The van der Waals surface area contributed by atoms with Crippen LogP contribution in [0.25, 0.3) is 0 Å². The highest BCUT2D eigenvalue weighted by Gasteiger charge is 2.06. The first-order valence-corrected chi connectivity index (χ1v) is 8.57. The van der Waals surface area contributed by atoms with Crippen LogP contribution in [0.15, 0.2) is 34.2 Å². The zero-order valence-corrected chi connectivity index (χ0v) is 14.4. The van der Waals surface area contributed by atoms with Crippen LogP contribution >= 0.6 is 11.3 Å². The number of hydrogen-bond donors (Lipinski definition) is 2. The zero-order valence-electron chi connectivity index (χ0n) is 13.5. The van der Waals surface area contributed by atoms with E-state index in [0.717, 1.165) is 31.9 Å². The van der Waals surface area contributed by atoms with E-state index in [0.29, 0.717) is 5.92 Å². The topological polar surface area (TPSA) is 54.2 Å². The van der Waals surface area contributed by atoms with Crippen molar-refractivity contribution in [3.05, 3.63) is 40.3 Å². The Bertz CT molecular complexity index is 573. The summed E-state index contributed by atoms with van der Waals surface area (Å²) in [6.45, 7) is 4.02. The van der Waals surface area contributed by atoms with Crippen molar-refractivity contribution in [2.45, 2.75) is 25.7 Å². The Kier molecular flexibility index (Phi) is 6.45. The molecule has 0 spiro atoms. The third-order valence-electron chi connectivity index (χ3n) is 3.60. The van der Waals surface area contributed by atoms with Gasteiger partial charge in [0.2, 0.25) is 0 Å². The average Bonchev–Trinajstić information content (AvgIpc) is 3.18. The highest BCUT2D eigenvalue weighted by molar-refractivity contribution is 7.07. The number of thiophene rings is 1. The molecule has 0 aliphatic carbocycles. The lowest BCUT2D eigenvalue weighted by Gasteiger charge is -2.15. The van der Waals surface area contributed by atoms with Gasteiger partial charge in [0, 0.05) is 33.4 Å². The fraction of sp³-hybridized carbons (Fsp3) is 0.500. The van der Waals surface area contributed by atoms with Crippen LogP contribution in [0, 0.1) is 0 Å². The first kappa shape index (κ1) is 16.5. The van der Waals surface area contributed by atoms with Crippen molar-refractivity contribution >= 4 is 17.3 Å². The first-order chi connectivity index (χ1) is 10.7. The summed E-state index contributed by atoms with van der Waals surface area (Å²) in [5.74, 6) is 1.36. The maximum Gasteiger partial charge on any atom is 0.190 e. The van der Waals surface area contributed by atoms with Gasteiger partial charge < -0.3 is 10.6 Å². The summed E-state index contributed by atoms with van der Waals surface area (Å²) in [6.07, 6.45) is 6.08. The van der Waals surface area contributed by atoms with Crippen LogP contribution in [-0.2, 0) is 13.5 Å². The molecule has 0 radical (unpaired) electrons. The summed E-state index contributed by atoms with van der Waals surface area (Å²) in [7, 11) is 3.76. The maximum atomic E-state index is 4.27. The summed E-state index contributed by atoms with van der Waals surface area (Å²) >= 11 is 1.74. The predicted molar refractivity (Wildman–Crippen MR) is 93.6 cm³/mol. The van der Waals surface area contributed by atoms with Crippen molar-refractivity contribution in [1.82, 2.24) is 20.4 Å². The fourth-order valence-electron chi connectivity index (χ4n) is 2.24. The van der Waals surface area contributed by atoms with Gasteiger partial charge in [-0.1, -0.05) is 6.92 Å². The van der Waals surface area contributed by atoms with Crippen molar-refractivity contribution < 1.29 is 0 Å². The molecule has 2 rings (SSSR count). The Morgan fingerprint density at radius 3 is 2.95 bits per heavy atom. The number of aryl methyl sites for hydroxylation is 2. The van der Waals surface area contributed by atoms with Crippen LogP contribution in [0.4, 0.5) is 0 Å². The van der Waals surface area contributed by atoms with Crippen molar-refractivity contribution in [3.63, 3.8) is 0 Å². The van der Waals surface area contributed by atoms with E-state index in [1.807, 2.05) is 25.0 Å². The van der Waals surface area contributed by atoms with Crippen LogP contribution in [0.2, 0.25) is 0 Å². The minimum absolute atomic E-state index is 0.486. The first-order valence-electron chi connectivity index (χ1n) is 7.63. The lowest BCUT2D eigenvalue weighted by Crippen LogP contribution is -2.39. The average molecular weight is 319 g/mol. The van der Waals surface area contributed by atoms with E-state index in [2.05, 4.69) is 50.7 Å². The Morgan fingerprint density at radius 1 is 1.45 bits per heavy atom. The fourth-order valence-corrected chi connectivity index (χ4v) is 3.03. The molecule has 0 aliphatic rings. The van der Waals surface area contributed by atoms with Gasteiger partial charge in [0.25, 0.3) is 0 Å². The number of aromatic nitrogens is 2. The monoisotopic (exact) mass is 319 g/mol. The van der Waals surface area contributed by atoms with E-state index in [-0.39, 0.29) is 0 Å². The highest BCUT2D eigenvalue weighted by atomic mass is 32.1. The van der Waals surface area contributed by atoms with Gasteiger partial charge in [-0.2, -0.15) is 16.4 Å². The van der Waals surface area contributed by atoms with Gasteiger partial charge in [0.05, 0.1) is 6.20 Å². The van der Waals surface area contributed by atoms with Gasteiger partial charge in [0.1, 0.15) is 0 Å². The van der Waals surface area contributed by atoms with E-state index in [1.165, 1.54) is 11.1 Å². The van der Waals surface area contributed by atoms with Crippen LogP contribution in [0.1, 0.15) is 30.4 Å². The smallest absolute Gasteiger partial charge is 0.190 e. The highest BCUT2D eigenvalue weighted by Crippen LogP contribution is 2.16. The van der Waals surface area contributed by atoms with Gasteiger partial charge in [-0.05, 0) is 46.7 Å². The molecule has 0 bridgehead atoms. The number of nitrogens with zero attached hydrogens (tertiary/aromatic N) is 3. The molecular formula is C16H25N5S. The molecule has 0 aromatic carbocycles. The van der Waals surface area contributed by atoms with E-state index in [1.54, 1.807) is 11.3 Å². The molecule has 0 amide bonds. The Hall–Kier alpha value is -1.82. The van der Waals surface area contributed by atoms with Crippen molar-refractivity contribution in [1.29, 1.82) is 0 Å². The normalized spacial score (nSPS) is 13.1. The predicted octanol–water partition coefficient (Wildman–Crippen LogP) is 2.38. The minimum Gasteiger partial charge on any atom is -0.356 e. The lowest BCUT2D eigenvalue weighted by atomic mass is 10.1. The molecule has 120 valence electrons. The van der Waals surface area contributed by atoms with Crippen molar-refractivity contribution in [3.8, 4) is 0 Å². The van der Waals surface area contributed by atoms with E-state index in [4.69, 9.17) is 0 Å². The van der Waals surface area contributed by atoms with Crippen LogP contribution < -0.4 is 10.6 Å². The molecule has 2 heterocycles. The van der Waals surface area contributed by atoms with Crippen LogP contribution in [-0.4, -0.2) is 35.9 Å². The molecule has 1 atom stereocenters. The maximum absolute atomic E-state index is 4.27. The van der Waals surface area contributed by atoms with E-state index in [9.17, 15) is 0 Å². The number of hydrogen-bond acceptors (Lipinski definition) is 3. The van der Waals surface area contributed by atoms with Crippen molar-refractivity contribution in [2.24, 2.45) is 12.0 Å². The number of guanidine groups is 1. The standard InChI is InChI=1S/C16H25N5S/c1-13(15-6-8-22-12-15)9-19-16(17-2)18-7-4-5-14-10-20-21(3)11-14/h6,8,10-13H,4-5,7,9H2,1-3H3,(H2,17,18,19). The van der Waals surface area contributed by atoms with Gasteiger partial charge in [-0.3, -0.25) is 9.67 Å². The van der Waals surface area contributed by atoms with Gasteiger partial charge >= 0.3 is 0 Å². The van der Waals surface area contributed by atoms with Crippen molar-refractivity contribution in [2.75, 3.05) is 20.1 Å². The molecule has 22 heavy (non-hydrogen) atoms. The number of rotatable bonds is 7. The second kappa shape index (κ2) is 8.58. The minimum atomic E-state index is 0.486. The van der Waals surface area contributed by atoms with Gasteiger partial charge in [-0.15, -0.1) is 0 Å². The molecular weight excluding hydrogens is 294 g/mol. The molecule has 1 unspecified atom stereocenters. The SMILES string of the molecule is CN=C(NCCCc1cnn(C)c1)NCC(C)c1ccsc1. The third-order valence-corrected chi connectivity index (χ3v) is 4.31. The summed E-state index contributed by atoms with van der Waals surface area (Å²) < 4.78 is 1.84. The molecule has 2 aromatic heterocycles. The van der Waals surface area contributed by atoms with E-state index < -0.39 is 0 Å². The molecule has 0 saturated heterocycles. The molecule has 5 nitrogen and oxygen atoms in total. The van der Waals surface area contributed by atoms with Crippen LogP contribution in [0.3, 0.4) is 0 Å². The number of aliphatic imine (C=N–C) groups is 1. The zero-order chi connectivity index (χ0) is 15.8. The molecule has 0 aliphatic heterocycles. The summed E-state index contributed by atoms with van der Waals surface area (Å²) in [6, 6.07) is 2.18. The van der Waals surface area contributed by atoms with Gasteiger partial charge in [-0.25, -0.2) is 0 Å². The molecule has 0 fully saturated rings.